The molecule has 0 heterocycles. The molecule has 1 N–H and O–H groups in total. The maximum Gasteiger partial charge on any atom is 0.254 e. The number of hydrogen-bond donors (Lipinski definition) is 1. The van der Waals surface area contributed by atoms with Crippen molar-refractivity contribution in [2.75, 3.05) is 13.6 Å². The van der Waals surface area contributed by atoms with Crippen LogP contribution in [0.5, 0.6) is 0 Å². The van der Waals surface area contributed by atoms with Crippen molar-refractivity contribution in [2.45, 2.75) is 45.6 Å². The predicted molar refractivity (Wildman–Crippen MR) is 110 cm³/mol. The normalized spacial score (nSPS) is 12.9. The third-order valence-corrected chi connectivity index (χ3v) is 5.20. The van der Waals surface area contributed by atoms with Crippen LogP contribution in [-0.4, -0.2) is 36.3 Å². The Hall–Kier alpha value is -2.69. The molecule has 4 nitrogen and oxygen atoms in total. The molecule has 0 aromatic heterocycles. The van der Waals surface area contributed by atoms with Gasteiger partial charge in [-0.25, -0.2) is 4.39 Å². The molecule has 2 aromatic rings. The highest BCUT2D eigenvalue weighted by molar-refractivity contribution is 5.97. The summed E-state index contributed by atoms with van der Waals surface area (Å²) in [4.78, 5) is 26.6. The molecular formula is C23H29FN2O2. The van der Waals surface area contributed by atoms with E-state index < -0.39 is 0 Å². The average molecular weight is 384 g/mol. The number of carbonyl (C=O) groups excluding carboxylic acids is 2. The molecule has 0 aliphatic carbocycles. The molecule has 0 spiro atoms. The molecule has 28 heavy (non-hydrogen) atoms. The van der Waals surface area contributed by atoms with Gasteiger partial charge < -0.3 is 10.2 Å². The molecule has 0 fully saturated rings. The zero-order valence-corrected chi connectivity index (χ0v) is 17.0. The van der Waals surface area contributed by atoms with Gasteiger partial charge >= 0.3 is 0 Å². The lowest BCUT2D eigenvalue weighted by molar-refractivity contribution is 0.0669. The van der Waals surface area contributed by atoms with E-state index in [2.05, 4.69) is 19.2 Å². The summed E-state index contributed by atoms with van der Waals surface area (Å²) in [5.41, 5.74) is 2.17. The SMILES string of the molecule is CC[C@H](C[C@@H](C)c1ccc(F)cc1)N(CC)C(=O)c1ccc(C(=O)NC)cc1. The van der Waals surface area contributed by atoms with Gasteiger partial charge in [-0.3, -0.25) is 9.59 Å². The van der Waals surface area contributed by atoms with Crippen LogP contribution in [0.3, 0.4) is 0 Å². The highest BCUT2D eigenvalue weighted by Gasteiger charge is 2.24. The van der Waals surface area contributed by atoms with Gasteiger partial charge in [0.1, 0.15) is 5.82 Å². The summed E-state index contributed by atoms with van der Waals surface area (Å²) in [5.74, 6) is -0.244. The maximum atomic E-state index is 13.2. The van der Waals surface area contributed by atoms with Gasteiger partial charge in [0.2, 0.25) is 0 Å². The van der Waals surface area contributed by atoms with Crippen LogP contribution >= 0.6 is 0 Å². The molecule has 0 saturated heterocycles. The van der Waals surface area contributed by atoms with Crippen LogP contribution in [0.1, 0.15) is 65.8 Å². The fourth-order valence-corrected chi connectivity index (χ4v) is 3.49. The number of nitrogens with zero attached hydrogens (tertiary/aromatic N) is 1. The van der Waals surface area contributed by atoms with E-state index in [4.69, 9.17) is 0 Å². The second-order valence-electron chi connectivity index (χ2n) is 7.00. The smallest absolute Gasteiger partial charge is 0.254 e. The van der Waals surface area contributed by atoms with E-state index in [9.17, 15) is 14.0 Å². The summed E-state index contributed by atoms with van der Waals surface area (Å²) in [5, 5.41) is 2.57. The minimum absolute atomic E-state index is 0.0379. The molecule has 150 valence electrons. The molecule has 2 rings (SSSR count). The monoisotopic (exact) mass is 384 g/mol. The minimum atomic E-state index is -0.242. The lowest BCUT2D eigenvalue weighted by atomic mass is 9.91. The van der Waals surface area contributed by atoms with Crippen molar-refractivity contribution in [1.82, 2.24) is 10.2 Å². The summed E-state index contributed by atoms with van der Waals surface area (Å²) >= 11 is 0. The van der Waals surface area contributed by atoms with Crippen molar-refractivity contribution in [1.29, 1.82) is 0 Å². The van der Waals surface area contributed by atoms with E-state index in [1.165, 1.54) is 12.1 Å². The summed E-state index contributed by atoms with van der Waals surface area (Å²) in [6, 6.07) is 13.4. The maximum absolute atomic E-state index is 13.2. The van der Waals surface area contributed by atoms with Gasteiger partial charge in [0.15, 0.2) is 0 Å². The molecular weight excluding hydrogens is 355 g/mol. The van der Waals surface area contributed by atoms with E-state index >= 15 is 0 Å². The molecule has 2 atom stereocenters. The van der Waals surface area contributed by atoms with Gasteiger partial charge in [0.25, 0.3) is 11.8 Å². The standard InChI is InChI=1S/C23H29FN2O2/c1-5-21(15-16(3)17-11-13-20(24)14-12-17)26(6-2)23(28)19-9-7-18(8-10-19)22(27)25-4/h7-14,16,21H,5-6,15H2,1-4H3,(H,25,27)/t16-,21-/m1/s1. The van der Waals surface area contributed by atoms with E-state index in [0.717, 1.165) is 18.4 Å². The van der Waals surface area contributed by atoms with Crippen molar-refractivity contribution in [2.24, 2.45) is 0 Å². The highest BCUT2D eigenvalue weighted by Crippen LogP contribution is 2.25. The topological polar surface area (TPSA) is 49.4 Å². The lowest BCUT2D eigenvalue weighted by Gasteiger charge is -2.32. The molecule has 5 heteroatoms. The Kier molecular flexibility index (Phi) is 7.73. The Morgan fingerprint density at radius 2 is 1.57 bits per heavy atom. The number of carbonyl (C=O) groups is 2. The van der Waals surface area contributed by atoms with Crippen LogP contribution < -0.4 is 5.32 Å². The number of amides is 2. The Morgan fingerprint density at radius 1 is 1.00 bits per heavy atom. The number of benzene rings is 2. The van der Waals surface area contributed by atoms with Crippen molar-refractivity contribution in [3.05, 3.63) is 71.0 Å². The summed E-state index contributed by atoms with van der Waals surface area (Å²) < 4.78 is 13.2. The fraction of sp³-hybridized carbons (Fsp3) is 0.391. The van der Waals surface area contributed by atoms with Crippen molar-refractivity contribution in [3.8, 4) is 0 Å². The first kappa shape index (κ1) is 21.6. The summed E-state index contributed by atoms with van der Waals surface area (Å²) in [6.07, 6.45) is 1.64. The minimum Gasteiger partial charge on any atom is -0.355 e. The zero-order chi connectivity index (χ0) is 20.7. The summed E-state index contributed by atoms with van der Waals surface area (Å²) in [6.45, 7) is 6.76. The largest absolute Gasteiger partial charge is 0.355 e. The molecule has 0 saturated carbocycles. The third kappa shape index (κ3) is 5.18. The van der Waals surface area contributed by atoms with Crippen LogP contribution in [0, 0.1) is 5.82 Å². The van der Waals surface area contributed by atoms with Gasteiger partial charge in [-0.15, -0.1) is 0 Å². The van der Waals surface area contributed by atoms with Crippen molar-refractivity contribution >= 4 is 11.8 Å². The van der Waals surface area contributed by atoms with Crippen molar-refractivity contribution in [3.63, 3.8) is 0 Å². The van der Waals surface area contributed by atoms with Gasteiger partial charge in [0.05, 0.1) is 0 Å². The summed E-state index contributed by atoms with van der Waals surface area (Å²) in [7, 11) is 1.58. The highest BCUT2D eigenvalue weighted by atomic mass is 19.1. The van der Waals surface area contributed by atoms with Crippen LogP contribution in [-0.2, 0) is 0 Å². The van der Waals surface area contributed by atoms with Crippen molar-refractivity contribution < 1.29 is 14.0 Å². The van der Waals surface area contributed by atoms with E-state index in [-0.39, 0.29) is 29.6 Å². The molecule has 2 amide bonds. The number of halogens is 1. The Morgan fingerprint density at radius 3 is 2.07 bits per heavy atom. The first-order valence-electron chi connectivity index (χ1n) is 9.79. The van der Waals surface area contributed by atoms with E-state index in [1.807, 2.05) is 24.0 Å². The van der Waals surface area contributed by atoms with E-state index in [1.54, 1.807) is 31.3 Å². The molecule has 2 aromatic carbocycles. The Labute approximate surface area is 166 Å². The predicted octanol–water partition coefficient (Wildman–Crippen LogP) is 4.62. The van der Waals surface area contributed by atoms with Crippen LogP contribution in [0.2, 0.25) is 0 Å². The first-order valence-corrected chi connectivity index (χ1v) is 9.79. The second kappa shape index (κ2) is 10.0. The number of hydrogen-bond acceptors (Lipinski definition) is 2. The van der Waals surface area contributed by atoms with Crippen LogP contribution in [0.15, 0.2) is 48.5 Å². The molecule has 0 aliphatic heterocycles. The van der Waals surface area contributed by atoms with Crippen LogP contribution in [0.25, 0.3) is 0 Å². The number of rotatable bonds is 8. The first-order chi connectivity index (χ1) is 13.4. The molecule has 0 bridgehead atoms. The Balaban J connectivity index is 2.14. The fourth-order valence-electron chi connectivity index (χ4n) is 3.49. The second-order valence-corrected chi connectivity index (χ2v) is 7.00. The molecule has 0 aliphatic rings. The quantitative estimate of drug-likeness (QED) is 0.722. The molecule has 0 radical (unpaired) electrons. The average Bonchev–Trinajstić information content (AvgIpc) is 2.73. The molecule has 0 unspecified atom stereocenters. The van der Waals surface area contributed by atoms with E-state index in [0.29, 0.717) is 17.7 Å². The third-order valence-electron chi connectivity index (χ3n) is 5.20. The van der Waals surface area contributed by atoms with Crippen LogP contribution in [0.4, 0.5) is 4.39 Å². The lowest BCUT2D eigenvalue weighted by Crippen LogP contribution is -2.40. The van der Waals surface area contributed by atoms with Gasteiger partial charge in [-0.1, -0.05) is 26.0 Å². The van der Waals surface area contributed by atoms with Gasteiger partial charge in [0, 0.05) is 30.8 Å². The Bertz CT molecular complexity index is 787. The van der Waals surface area contributed by atoms with Gasteiger partial charge in [-0.2, -0.15) is 0 Å². The number of nitrogens with one attached hydrogen (secondary N) is 1. The zero-order valence-electron chi connectivity index (χ0n) is 17.0. The van der Waals surface area contributed by atoms with Gasteiger partial charge in [-0.05, 0) is 67.6 Å².